The van der Waals surface area contributed by atoms with Gasteiger partial charge in [-0.15, -0.1) is 0 Å². The van der Waals surface area contributed by atoms with Gasteiger partial charge in [-0.1, -0.05) is 38.1 Å². The van der Waals surface area contributed by atoms with Crippen molar-refractivity contribution in [1.82, 2.24) is 19.4 Å². The maximum atomic E-state index is 15.8. The number of carboxylic acid groups (broad SMARTS) is 1. The first-order valence-corrected chi connectivity index (χ1v) is 15.9. The van der Waals surface area contributed by atoms with Gasteiger partial charge in [0.2, 0.25) is 5.88 Å². The Hall–Kier alpha value is -5.43. The monoisotopic (exact) mass is 686 g/mol. The highest BCUT2D eigenvalue weighted by Crippen LogP contribution is 2.41. The van der Waals surface area contributed by atoms with Gasteiger partial charge in [0.25, 0.3) is 0 Å². The van der Waals surface area contributed by atoms with Crippen molar-refractivity contribution >= 4 is 23.1 Å². The molecule has 50 heavy (non-hydrogen) atoms. The van der Waals surface area contributed by atoms with Crippen molar-refractivity contribution in [3.63, 3.8) is 0 Å². The zero-order valence-electron chi connectivity index (χ0n) is 27.5. The van der Waals surface area contributed by atoms with Crippen molar-refractivity contribution < 1.29 is 42.1 Å². The van der Waals surface area contributed by atoms with E-state index in [1.165, 1.54) is 13.2 Å². The number of fused-ring (bicyclic) bond motifs is 2. The minimum atomic E-state index is -1.30. The molecule has 0 spiro atoms. The van der Waals surface area contributed by atoms with Crippen molar-refractivity contribution in [1.29, 1.82) is 0 Å². The first-order valence-electron chi connectivity index (χ1n) is 15.9. The maximum Gasteiger partial charge on any atom is 0.410 e. The van der Waals surface area contributed by atoms with E-state index in [0.29, 0.717) is 19.7 Å². The highest BCUT2D eigenvalue weighted by molar-refractivity contribution is 5.93. The molecule has 0 radical (unpaired) electrons. The van der Waals surface area contributed by atoms with Gasteiger partial charge < -0.3 is 23.9 Å². The second-order valence-corrected chi connectivity index (χ2v) is 13.2. The molecule has 10 nitrogen and oxygen atoms in total. The molecule has 0 bridgehead atoms. The van der Waals surface area contributed by atoms with Crippen molar-refractivity contribution in [2.24, 2.45) is 5.41 Å². The van der Waals surface area contributed by atoms with Crippen molar-refractivity contribution in [3.8, 4) is 17.1 Å². The predicted octanol–water partition coefficient (Wildman–Crippen LogP) is 7.06. The summed E-state index contributed by atoms with van der Waals surface area (Å²) in [6.07, 6.45) is -0.591. The molecule has 1 saturated heterocycles. The topological polar surface area (TPSA) is 116 Å². The molecule has 13 heteroatoms. The average molecular weight is 687 g/mol. The van der Waals surface area contributed by atoms with Gasteiger partial charge in [0.05, 0.1) is 43.1 Å². The summed E-state index contributed by atoms with van der Waals surface area (Å²) >= 11 is 0. The summed E-state index contributed by atoms with van der Waals surface area (Å²) in [5.74, 6) is -3.12. The molecule has 1 atom stereocenters. The molecule has 3 aromatic carbocycles. The van der Waals surface area contributed by atoms with Crippen LogP contribution in [0.4, 0.5) is 18.0 Å². The Bertz CT molecular complexity index is 2170. The molecule has 2 aliphatic heterocycles. The Balaban J connectivity index is 1.14. The number of imidazole rings is 1. The Morgan fingerprint density at radius 1 is 0.980 bits per heavy atom. The van der Waals surface area contributed by atoms with Gasteiger partial charge in [0.1, 0.15) is 29.6 Å². The van der Waals surface area contributed by atoms with Crippen LogP contribution in [0.3, 0.4) is 0 Å². The normalized spacial score (nSPS) is 16.5. The molecule has 0 aliphatic carbocycles. The van der Waals surface area contributed by atoms with Crippen LogP contribution in [-0.4, -0.2) is 56.9 Å². The van der Waals surface area contributed by atoms with Crippen LogP contribution in [0.25, 0.3) is 22.3 Å². The van der Waals surface area contributed by atoms with Gasteiger partial charge in [-0.05, 0) is 52.6 Å². The number of aromatic carboxylic acids is 1. The number of amides is 1. The number of methoxy groups -OCH3 is 1. The third kappa shape index (κ3) is 6.13. The van der Waals surface area contributed by atoms with Crippen molar-refractivity contribution in [2.45, 2.75) is 46.0 Å². The summed E-state index contributed by atoms with van der Waals surface area (Å²) in [4.78, 5) is 34.1. The van der Waals surface area contributed by atoms with E-state index in [9.17, 15) is 14.7 Å². The first kappa shape index (κ1) is 33.1. The maximum absolute atomic E-state index is 15.8. The van der Waals surface area contributed by atoms with Crippen LogP contribution in [0, 0.1) is 22.9 Å². The van der Waals surface area contributed by atoms with Crippen LogP contribution in [-0.2, 0) is 35.6 Å². The average Bonchev–Trinajstić information content (AvgIpc) is 3.78. The number of nitrogens with zero attached hydrogens (tertiary/aromatic N) is 4. The lowest BCUT2D eigenvalue weighted by Gasteiger charge is -2.28. The minimum Gasteiger partial charge on any atom is -0.478 e. The van der Waals surface area contributed by atoms with E-state index in [1.54, 1.807) is 27.7 Å². The van der Waals surface area contributed by atoms with Gasteiger partial charge in [0.15, 0.2) is 5.82 Å². The third-order valence-corrected chi connectivity index (χ3v) is 9.33. The van der Waals surface area contributed by atoms with Gasteiger partial charge in [0, 0.05) is 36.6 Å². The quantitative estimate of drug-likeness (QED) is 0.185. The molecule has 0 saturated carbocycles. The number of benzene rings is 3. The lowest BCUT2D eigenvalue weighted by molar-refractivity contribution is 0.0696. The van der Waals surface area contributed by atoms with Crippen LogP contribution < -0.4 is 4.74 Å². The lowest BCUT2D eigenvalue weighted by Crippen LogP contribution is -2.27. The molecule has 1 N–H and O–H groups in total. The molecule has 1 fully saturated rings. The van der Waals surface area contributed by atoms with Crippen LogP contribution in [0.5, 0.6) is 5.88 Å². The molecule has 5 aromatic rings. The van der Waals surface area contributed by atoms with E-state index in [1.807, 2.05) is 32.0 Å². The fourth-order valence-electron chi connectivity index (χ4n) is 6.66. The van der Waals surface area contributed by atoms with Crippen LogP contribution in [0.2, 0.25) is 0 Å². The predicted molar refractivity (Wildman–Crippen MR) is 175 cm³/mol. The second-order valence-electron chi connectivity index (χ2n) is 13.2. The number of hydrogen-bond donors (Lipinski definition) is 1. The summed E-state index contributed by atoms with van der Waals surface area (Å²) in [5, 5.41) is 9.58. The third-order valence-electron chi connectivity index (χ3n) is 9.33. The fourth-order valence-corrected chi connectivity index (χ4v) is 6.66. The van der Waals surface area contributed by atoms with E-state index in [0.717, 1.165) is 34.9 Å². The number of pyridine rings is 1. The van der Waals surface area contributed by atoms with E-state index in [-0.39, 0.29) is 70.8 Å². The fraction of sp³-hybridized carbons (Fsp3) is 0.297. The number of carbonyl (C=O) groups is 2. The van der Waals surface area contributed by atoms with E-state index >= 15 is 13.2 Å². The summed E-state index contributed by atoms with van der Waals surface area (Å²) in [5.41, 5.74) is 2.42. The minimum absolute atomic E-state index is 0.0202. The number of ether oxygens (including phenoxy) is 3. The summed E-state index contributed by atoms with van der Waals surface area (Å²) < 4.78 is 64.8. The van der Waals surface area contributed by atoms with Crippen molar-refractivity contribution in [3.05, 3.63) is 112 Å². The SMILES string of the molecule is COC(=O)N1Cc2ccc(COc3cccc(-c4cc(F)c(Cc5nc6c(F)cc(C(=O)O)cc6n5[C@@H]5COCC5(C)C)cc4F)n3)cc2C1. The Morgan fingerprint density at radius 3 is 2.52 bits per heavy atom. The molecule has 0 unspecified atom stereocenters. The van der Waals surface area contributed by atoms with E-state index in [2.05, 4.69) is 9.97 Å². The molecule has 2 aliphatic rings. The largest absolute Gasteiger partial charge is 0.478 e. The van der Waals surface area contributed by atoms with Gasteiger partial charge >= 0.3 is 12.1 Å². The zero-order chi connectivity index (χ0) is 35.3. The molecular formula is C37H33F3N4O6. The van der Waals surface area contributed by atoms with Crippen LogP contribution in [0.15, 0.2) is 60.7 Å². The summed E-state index contributed by atoms with van der Waals surface area (Å²) in [6.45, 7) is 5.63. The number of hydrogen-bond acceptors (Lipinski definition) is 7. The molecule has 2 aromatic heterocycles. The van der Waals surface area contributed by atoms with Gasteiger partial charge in [-0.2, -0.15) is 0 Å². The smallest absolute Gasteiger partial charge is 0.410 e. The van der Waals surface area contributed by atoms with Gasteiger partial charge in [-0.25, -0.2) is 32.7 Å². The molecule has 4 heterocycles. The second kappa shape index (κ2) is 12.8. The van der Waals surface area contributed by atoms with Gasteiger partial charge in [-0.3, -0.25) is 4.90 Å². The van der Waals surface area contributed by atoms with Crippen LogP contribution >= 0.6 is 0 Å². The molecule has 1 amide bonds. The number of halogens is 3. The summed E-state index contributed by atoms with van der Waals surface area (Å²) in [7, 11) is 1.34. The van der Waals surface area contributed by atoms with Crippen LogP contribution in [0.1, 0.15) is 58.3 Å². The Kier molecular flexibility index (Phi) is 8.46. The number of aromatic nitrogens is 3. The van der Waals surface area contributed by atoms with E-state index in [4.69, 9.17) is 14.2 Å². The lowest BCUT2D eigenvalue weighted by atomic mass is 9.87. The van der Waals surface area contributed by atoms with Crippen molar-refractivity contribution in [2.75, 3.05) is 20.3 Å². The number of carbonyl (C=O) groups excluding carboxylic acids is 1. The zero-order valence-corrected chi connectivity index (χ0v) is 27.5. The summed E-state index contributed by atoms with van der Waals surface area (Å²) in [6, 6.07) is 14.6. The first-order chi connectivity index (χ1) is 23.9. The molecular weight excluding hydrogens is 653 g/mol. The number of rotatable bonds is 8. The molecule has 258 valence electrons. The number of carboxylic acids is 1. The molecule has 7 rings (SSSR count). The standard InChI is InChI=1S/C37H33F3N4O6/c1-37(2)19-49-18-31(37)44-30-12-23(35(45)46)11-28(40)34(30)42-32(44)13-22-10-27(39)25(14-26(22)38)29-5-4-6-33(41-29)50-17-20-7-8-21-15-43(36(47)48-3)16-24(21)9-20/h4-12,14,31H,13,15-19H2,1-3H3,(H,45,46)/t31-/m1/s1. The highest BCUT2D eigenvalue weighted by atomic mass is 19.1. The Labute approximate surface area is 285 Å². The Morgan fingerprint density at radius 2 is 1.78 bits per heavy atom. The van der Waals surface area contributed by atoms with E-state index < -0.39 is 34.9 Å². The highest BCUT2D eigenvalue weighted by Gasteiger charge is 2.39.